The Bertz CT molecular complexity index is 608. The Labute approximate surface area is 138 Å². The van der Waals surface area contributed by atoms with Crippen LogP contribution in [0.15, 0.2) is 60.7 Å². The molecule has 0 radical (unpaired) electrons. The maximum atomic E-state index is 12.5. The molecule has 0 fully saturated rings. The van der Waals surface area contributed by atoms with Crippen LogP contribution in [-0.2, 0) is 11.2 Å². The van der Waals surface area contributed by atoms with Crippen molar-refractivity contribution >= 4 is 5.91 Å². The van der Waals surface area contributed by atoms with Gasteiger partial charge in [0.1, 0.15) is 5.75 Å². The summed E-state index contributed by atoms with van der Waals surface area (Å²) in [5.41, 5.74) is 0.876. The zero-order valence-corrected chi connectivity index (χ0v) is 14.1. The molecule has 0 heterocycles. The SMILES string of the molecule is CC[C@@H](Oc1ccccc1)C(=O)NC(C)(C)Cc1ccccc1. The summed E-state index contributed by atoms with van der Waals surface area (Å²) in [5, 5.41) is 3.11. The molecule has 2 aromatic carbocycles. The molecule has 2 rings (SSSR count). The predicted octanol–water partition coefficient (Wildman–Crippen LogP) is 3.98. The maximum absolute atomic E-state index is 12.5. The van der Waals surface area contributed by atoms with Crippen LogP contribution in [0, 0.1) is 0 Å². The van der Waals surface area contributed by atoms with Gasteiger partial charge in [-0.05, 0) is 44.4 Å². The lowest BCUT2D eigenvalue weighted by atomic mass is 9.94. The topological polar surface area (TPSA) is 38.3 Å². The van der Waals surface area contributed by atoms with Crippen molar-refractivity contribution in [2.45, 2.75) is 45.3 Å². The lowest BCUT2D eigenvalue weighted by Gasteiger charge is -2.29. The van der Waals surface area contributed by atoms with E-state index < -0.39 is 6.10 Å². The van der Waals surface area contributed by atoms with E-state index in [2.05, 4.69) is 17.4 Å². The highest BCUT2D eigenvalue weighted by molar-refractivity contribution is 5.81. The van der Waals surface area contributed by atoms with Gasteiger partial charge in [-0.3, -0.25) is 4.79 Å². The van der Waals surface area contributed by atoms with E-state index >= 15 is 0 Å². The minimum atomic E-state index is -0.479. The molecule has 0 aromatic heterocycles. The number of hydrogen-bond acceptors (Lipinski definition) is 2. The second-order valence-corrected chi connectivity index (χ2v) is 6.36. The zero-order valence-electron chi connectivity index (χ0n) is 14.1. The van der Waals surface area contributed by atoms with Gasteiger partial charge in [-0.1, -0.05) is 55.5 Å². The van der Waals surface area contributed by atoms with Crippen molar-refractivity contribution < 1.29 is 9.53 Å². The average molecular weight is 311 g/mol. The number of rotatable bonds is 7. The highest BCUT2D eigenvalue weighted by Gasteiger charge is 2.26. The molecule has 2 aromatic rings. The van der Waals surface area contributed by atoms with Crippen LogP contribution in [0.3, 0.4) is 0 Å². The lowest BCUT2D eigenvalue weighted by molar-refractivity contribution is -0.129. The number of carbonyl (C=O) groups excluding carboxylic acids is 1. The zero-order chi connectivity index (χ0) is 16.7. The molecule has 1 amide bonds. The van der Waals surface area contributed by atoms with Crippen LogP contribution in [0.4, 0.5) is 0 Å². The van der Waals surface area contributed by atoms with Crippen LogP contribution in [0.1, 0.15) is 32.8 Å². The van der Waals surface area contributed by atoms with Crippen molar-refractivity contribution in [2.75, 3.05) is 0 Å². The Morgan fingerprint density at radius 1 is 1.04 bits per heavy atom. The second kappa shape index (κ2) is 7.82. The number of nitrogens with one attached hydrogen (secondary N) is 1. The van der Waals surface area contributed by atoms with Gasteiger partial charge in [0.05, 0.1) is 0 Å². The molecular formula is C20H25NO2. The highest BCUT2D eigenvalue weighted by Crippen LogP contribution is 2.16. The number of ether oxygens (including phenoxy) is 1. The minimum absolute atomic E-state index is 0.0720. The summed E-state index contributed by atoms with van der Waals surface area (Å²) in [6.07, 6.45) is 0.927. The minimum Gasteiger partial charge on any atom is -0.481 e. The van der Waals surface area contributed by atoms with Gasteiger partial charge >= 0.3 is 0 Å². The summed E-state index contributed by atoms with van der Waals surface area (Å²) >= 11 is 0. The first-order valence-corrected chi connectivity index (χ1v) is 8.08. The molecule has 0 aliphatic carbocycles. The molecular weight excluding hydrogens is 286 g/mol. The van der Waals surface area contributed by atoms with Gasteiger partial charge in [0.2, 0.25) is 0 Å². The van der Waals surface area contributed by atoms with Gasteiger partial charge in [0, 0.05) is 5.54 Å². The maximum Gasteiger partial charge on any atom is 0.261 e. The summed E-state index contributed by atoms with van der Waals surface area (Å²) < 4.78 is 5.81. The summed E-state index contributed by atoms with van der Waals surface area (Å²) in [6, 6.07) is 19.6. The first-order valence-electron chi connectivity index (χ1n) is 8.08. The Morgan fingerprint density at radius 3 is 2.17 bits per heavy atom. The molecule has 1 atom stereocenters. The number of para-hydroxylation sites is 1. The van der Waals surface area contributed by atoms with Crippen molar-refractivity contribution in [1.82, 2.24) is 5.32 Å². The Morgan fingerprint density at radius 2 is 1.61 bits per heavy atom. The van der Waals surface area contributed by atoms with E-state index in [4.69, 9.17) is 4.74 Å². The molecule has 3 heteroatoms. The van der Waals surface area contributed by atoms with E-state index in [0.29, 0.717) is 6.42 Å². The van der Waals surface area contributed by atoms with Crippen LogP contribution in [0.25, 0.3) is 0 Å². The van der Waals surface area contributed by atoms with E-state index in [1.54, 1.807) is 0 Å². The third kappa shape index (κ3) is 5.44. The molecule has 122 valence electrons. The summed E-state index contributed by atoms with van der Waals surface area (Å²) in [6.45, 7) is 6.03. The summed E-state index contributed by atoms with van der Waals surface area (Å²) in [7, 11) is 0. The van der Waals surface area contributed by atoms with Crippen molar-refractivity contribution in [2.24, 2.45) is 0 Å². The standard InChI is InChI=1S/C20H25NO2/c1-4-18(23-17-13-9-6-10-14-17)19(22)21-20(2,3)15-16-11-7-5-8-12-16/h5-14,18H,4,15H2,1-3H3,(H,21,22)/t18-/m1/s1. The Balaban J connectivity index is 1.97. The quantitative estimate of drug-likeness (QED) is 0.840. The summed E-state index contributed by atoms with van der Waals surface area (Å²) in [5.74, 6) is 0.646. The van der Waals surface area contributed by atoms with Crippen molar-refractivity contribution in [3.05, 3.63) is 66.2 Å². The van der Waals surface area contributed by atoms with Crippen LogP contribution in [0.2, 0.25) is 0 Å². The smallest absolute Gasteiger partial charge is 0.261 e. The molecule has 1 N–H and O–H groups in total. The molecule has 0 spiro atoms. The van der Waals surface area contributed by atoms with E-state index in [1.807, 2.05) is 69.3 Å². The van der Waals surface area contributed by atoms with Crippen LogP contribution in [0.5, 0.6) is 5.75 Å². The number of benzene rings is 2. The molecule has 0 saturated carbocycles. The first-order chi connectivity index (χ1) is 11.0. The predicted molar refractivity (Wildman–Crippen MR) is 93.5 cm³/mol. The fourth-order valence-corrected chi connectivity index (χ4v) is 2.55. The van der Waals surface area contributed by atoms with E-state index in [1.165, 1.54) is 5.56 Å². The fourth-order valence-electron chi connectivity index (χ4n) is 2.55. The molecule has 0 bridgehead atoms. The van der Waals surface area contributed by atoms with Crippen LogP contribution < -0.4 is 10.1 Å². The van der Waals surface area contributed by atoms with E-state index in [-0.39, 0.29) is 11.4 Å². The van der Waals surface area contributed by atoms with Gasteiger partial charge in [-0.2, -0.15) is 0 Å². The molecule has 0 unspecified atom stereocenters. The van der Waals surface area contributed by atoms with Crippen LogP contribution in [-0.4, -0.2) is 17.6 Å². The third-order valence-electron chi connectivity index (χ3n) is 3.64. The largest absolute Gasteiger partial charge is 0.481 e. The second-order valence-electron chi connectivity index (χ2n) is 6.36. The van der Waals surface area contributed by atoms with E-state index in [0.717, 1.165) is 12.2 Å². The van der Waals surface area contributed by atoms with Gasteiger partial charge in [0.25, 0.3) is 5.91 Å². The normalized spacial score (nSPS) is 12.5. The summed E-state index contributed by atoms with van der Waals surface area (Å²) in [4.78, 5) is 12.5. The monoisotopic (exact) mass is 311 g/mol. The van der Waals surface area contributed by atoms with Crippen molar-refractivity contribution in [3.63, 3.8) is 0 Å². The van der Waals surface area contributed by atoms with Gasteiger partial charge in [-0.15, -0.1) is 0 Å². The van der Waals surface area contributed by atoms with Crippen molar-refractivity contribution in [3.8, 4) is 5.75 Å². The number of amides is 1. The van der Waals surface area contributed by atoms with Gasteiger partial charge < -0.3 is 10.1 Å². The highest BCUT2D eigenvalue weighted by atomic mass is 16.5. The van der Waals surface area contributed by atoms with Gasteiger partial charge in [-0.25, -0.2) is 0 Å². The lowest BCUT2D eigenvalue weighted by Crippen LogP contribution is -2.50. The molecule has 0 aliphatic rings. The molecule has 0 aliphatic heterocycles. The number of hydrogen-bond donors (Lipinski definition) is 1. The first kappa shape index (κ1) is 17.1. The molecule has 0 saturated heterocycles. The van der Waals surface area contributed by atoms with Crippen LogP contribution >= 0.6 is 0 Å². The Hall–Kier alpha value is -2.29. The van der Waals surface area contributed by atoms with E-state index in [9.17, 15) is 4.79 Å². The van der Waals surface area contributed by atoms with Gasteiger partial charge in [0.15, 0.2) is 6.10 Å². The molecule has 3 nitrogen and oxygen atoms in total. The Kier molecular flexibility index (Phi) is 5.80. The average Bonchev–Trinajstić information content (AvgIpc) is 2.53. The van der Waals surface area contributed by atoms with Crippen molar-refractivity contribution in [1.29, 1.82) is 0 Å². The fraction of sp³-hybridized carbons (Fsp3) is 0.350. The number of carbonyl (C=O) groups is 1. The molecule has 23 heavy (non-hydrogen) atoms. The third-order valence-corrected chi connectivity index (χ3v) is 3.64.